The molecule has 1 unspecified atom stereocenters. The number of aromatic nitrogens is 3. The zero-order valence-electron chi connectivity index (χ0n) is 25.5. The normalized spacial score (nSPS) is 17.3. The van der Waals surface area contributed by atoms with Crippen LogP contribution in [0.4, 0.5) is 0 Å². The quantitative estimate of drug-likeness (QED) is 0.200. The number of fused-ring (bicyclic) bond motifs is 2. The van der Waals surface area contributed by atoms with Gasteiger partial charge in [0.25, 0.3) is 0 Å². The third-order valence-corrected chi connectivity index (χ3v) is 10.4. The van der Waals surface area contributed by atoms with Crippen LogP contribution in [0.1, 0.15) is 71.1 Å². The molecule has 2 aromatic carbocycles. The lowest BCUT2D eigenvalue weighted by molar-refractivity contribution is 0.0697. The maximum absolute atomic E-state index is 12.1. The Hall–Kier alpha value is -4.23. The summed E-state index contributed by atoms with van der Waals surface area (Å²) in [7, 11) is 1.73. The molecule has 7 rings (SSSR count). The zero-order chi connectivity index (χ0) is 30.4. The van der Waals surface area contributed by atoms with Crippen molar-refractivity contribution in [3.63, 3.8) is 0 Å². The SMILES string of the molecule is COC1=CC=CC(Cn2c(-c3ccc4nc(-c5sc(C)nc5C)ccc4c3)c(C3CCCCC3)c3ccc(C(=O)O)cc32)C1. The molecule has 3 aromatic heterocycles. The summed E-state index contributed by atoms with van der Waals surface area (Å²) in [5.41, 5.74) is 7.95. The van der Waals surface area contributed by atoms with Gasteiger partial charge in [0.1, 0.15) is 0 Å². The molecule has 2 aliphatic rings. The molecule has 44 heavy (non-hydrogen) atoms. The summed E-state index contributed by atoms with van der Waals surface area (Å²) in [5, 5.41) is 13.3. The number of allylic oxidation sites excluding steroid dienone is 4. The minimum atomic E-state index is -0.901. The summed E-state index contributed by atoms with van der Waals surface area (Å²) in [5.74, 6) is 0.728. The van der Waals surface area contributed by atoms with E-state index in [2.05, 4.69) is 52.0 Å². The van der Waals surface area contributed by atoms with Gasteiger partial charge in [-0.05, 0) is 80.1 Å². The van der Waals surface area contributed by atoms with Crippen LogP contribution < -0.4 is 0 Å². The van der Waals surface area contributed by atoms with Crippen molar-refractivity contribution in [2.45, 2.75) is 64.8 Å². The number of carboxylic acid groups (broad SMARTS) is 1. The van der Waals surface area contributed by atoms with E-state index in [-0.39, 0.29) is 5.92 Å². The number of carboxylic acids is 1. The number of pyridine rings is 1. The van der Waals surface area contributed by atoms with Gasteiger partial charge in [-0.1, -0.05) is 49.6 Å². The van der Waals surface area contributed by atoms with E-state index >= 15 is 0 Å². The van der Waals surface area contributed by atoms with Crippen LogP contribution in [-0.4, -0.2) is 32.7 Å². The molecule has 5 aromatic rings. The minimum Gasteiger partial charge on any atom is -0.501 e. The maximum atomic E-state index is 12.1. The van der Waals surface area contributed by atoms with Crippen LogP contribution in [0.3, 0.4) is 0 Å². The topological polar surface area (TPSA) is 77.2 Å². The average Bonchev–Trinajstić information content (AvgIpc) is 3.56. The van der Waals surface area contributed by atoms with E-state index in [4.69, 9.17) is 9.72 Å². The van der Waals surface area contributed by atoms with E-state index in [0.717, 1.165) is 74.8 Å². The number of nitrogens with zero attached hydrogens (tertiary/aromatic N) is 3. The summed E-state index contributed by atoms with van der Waals surface area (Å²) in [6.07, 6.45) is 13.2. The number of thiazole rings is 1. The number of methoxy groups -OCH3 is 1. The Balaban J connectivity index is 1.42. The number of hydrogen-bond acceptors (Lipinski definition) is 5. The van der Waals surface area contributed by atoms with Gasteiger partial charge >= 0.3 is 5.97 Å². The number of rotatable bonds is 7. The minimum absolute atomic E-state index is 0.229. The first-order valence-corrected chi connectivity index (χ1v) is 16.4. The molecule has 7 heteroatoms. The van der Waals surface area contributed by atoms with E-state index in [0.29, 0.717) is 11.5 Å². The lowest BCUT2D eigenvalue weighted by Gasteiger charge is -2.25. The molecule has 0 aliphatic heterocycles. The fraction of sp³-hybridized carbons (Fsp3) is 0.324. The third kappa shape index (κ3) is 5.23. The molecule has 3 heterocycles. The second-order valence-corrected chi connectivity index (χ2v) is 13.4. The molecule has 2 aliphatic carbocycles. The Morgan fingerprint density at radius 3 is 2.64 bits per heavy atom. The predicted molar refractivity (Wildman–Crippen MR) is 178 cm³/mol. The average molecular weight is 604 g/mol. The first-order valence-electron chi connectivity index (χ1n) is 15.6. The number of carbonyl (C=O) groups is 1. The molecule has 0 saturated heterocycles. The number of hydrogen-bond donors (Lipinski definition) is 1. The largest absolute Gasteiger partial charge is 0.501 e. The first-order chi connectivity index (χ1) is 21.4. The molecular weight excluding hydrogens is 566 g/mol. The van der Waals surface area contributed by atoms with Crippen LogP contribution in [0, 0.1) is 19.8 Å². The predicted octanol–water partition coefficient (Wildman–Crippen LogP) is 9.45. The molecule has 224 valence electrons. The van der Waals surface area contributed by atoms with Gasteiger partial charge in [0.2, 0.25) is 0 Å². The highest BCUT2D eigenvalue weighted by atomic mass is 32.1. The van der Waals surface area contributed by atoms with Gasteiger partial charge in [-0.2, -0.15) is 0 Å². The summed E-state index contributed by atoms with van der Waals surface area (Å²) in [4.78, 5) is 22.9. The lowest BCUT2D eigenvalue weighted by atomic mass is 9.81. The fourth-order valence-corrected chi connectivity index (χ4v) is 8.10. The standard InChI is InChI=1S/C37H37N3O3S/c1-22-36(44-23(2)38-22)32-17-13-26-19-27(14-16-31(26)39-32)35-34(25-9-5-4-6-10-25)30-15-12-28(37(41)42)20-33(30)40(35)21-24-8-7-11-29(18-24)43-3/h7-8,11-17,19-20,24-25H,4-6,9-10,18,21H2,1-3H3,(H,41,42). The van der Waals surface area contributed by atoms with Crippen molar-refractivity contribution in [3.05, 3.63) is 94.3 Å². The monoisotopic (exact) mass is 603 g/mol. The molecule has 0 amide bonds. The third-order valence-electron chi connectivity index (χ3n) is 9.27. The van der Waals surface area contributed by atoms with Gasteiger partial charge in [0, 0.05) is 35.2 Å². The van der Waals surface area contributed by atoms with Gasteiger partial charge in [-0.3, -0.25) is 0 Å². The van der Waals surface area contributed by atoms with Crippen molar-refractivity contribution in [2.24, 2.45) is 5.92 Å². The Kier molecular flexibility index (Phi) is 7.58. The highest BCUT2D eigenvalue weighted by molar-refractivity contribution is 7.15. The zero-order valence-corrected chi connectivity index (χ0v) is 26.3. The smallest absolute Gasteiger partial charge is 0.335 e. The Morgan fingerprint density at radius 1 is 1.05 bits per heavy atom. The van der Waals surface area contributed by atoms with Crippen LogP contribution >= 0.6 is 11.3 Å². The number of benzene rings is 2. The summed E-state index contributed by atoms with van der Waals surface area (Å²) < 4.78 is 8.02. The van der Waals surface area contributed by atoms with Gasteiger partial charge in [-0.15, -0.1) is 11.3 Å². The Bertz CT molecular complexity index is 1960. The van der Waals surface area contributed by atoms with Crippen LogP contribution in [0.2, 0.25) is 0 Å². The van der Waals surface area contributed by atoms with Crippen molar-refractivity contribution >= 4 is 39.1 Å². The highest BCUT2D eigenvalue weighted by Crippen LogP contribution is 2.45. The molecular formula is C37H37N3O3S. The summed E-state index contributed by atoms with van der Waals surface area (Å²) in [6, 6.07) is 16.6. The second-order valence-electron chi connectivity index (χ2n) is 12.2. The van der Waals surface area contributed by atoms with Crippen molar-refractivity contribution in [3.8, 4) is 21.8 Å². The molecule has 6 nitrogen and oxygen atoms in total. The molecule has 1 atom stereocenters. The highest BCUT2D eigenvalue weighted by Gasteiger charge is 2.28. The first kappa shape index (κ1) is 28.5. The van der Waals surface area contributed by atoms with Gasteiger partial charge in [0.15, 0.2) is 0 Å². The maximum Gasteiger partial charge on any atom is 0.335 e. The molecule has 0 radical (unpaired) electrons. The molecule has 1 saturated carbocycles. The molecule has 0 bridgehead atoms. The van der Waals surface area contributed by atoms with Gasteiger partial charge < -0.3 is 14.4 Å². The van der Waals surface area contributed by atoms with E-state index in [1.807, 2.05) is 32.1 Å². The summed E-state index contributed by atoms with van der Waals surface area (Å²) >= 11 is 1.68. The molecule has 1 N–H and O–H groups in total. The number of aromatic carboxylic acids is 1. The summed E-state index contributed by atoms with van der Waals surface area (Å²) in [6.45, 7) is 4.81. The van der Waals surface area contributed by atoms with Crippen molar-refractivity contribution in [2.75, 3.05) is 7.11 Å². The van der Waals surface area contributed by atoms with E-state index in [1.165, 1.54) is 35.9 Å². The van der Waals surface area contributed by atoms with Gasteiger partial charge in [0.05, 0.1) is 50.9 Å². The Morgan fingerprint density at radius 2 is 1.89 bits per heavy atom. The molecule has 0 spiro atoms. The van der Waals surface area contributed by atoms with Crippen LogP contribution in [0.5, 0.6) is 0 Å². The number of aryl methyl sites for hydroxylation is 2. The number of ether oxygens (including phenoxy) is 1. The second kappa shape index (κ2) is 11.7. The van der Waals surface area contributed by atoms with Crippen LogP contribution in [0.15, 0.2) is 72.5 Å². The van der Waals surface area contributed by atoms with Crippen molar-refractivity contribution in [1.29, 1.82) is 0 Å². The lowest BCUT2D eigenvalue weighted by Crippen LogP contribution is -2.14. The van der Waals surface area contributed by atoms with E-state index < -0.39 is 5.97 Å². The van der Waals surface area contributed by atoms with Crippen LogP contribution in [0.25, 0.3) is 43.6 Å². The van der Waals surface area contributed by atoms with Crippen LogP contribution in [-0.2, 0) is 11.3 Å². The Labute approximate surface area is 261 Å². The fourth-order valence-electron chi connectivity index (χ4n) is 7.21. The van der Waals surface area contributed by atoms with E-state index in [1.54, 1.807) is 24.5 Å². The van der Waals surface area contributed by atoms with E-state index in [9.17, 15) is 9.90 Å². The van der Waals surface area contributed by atoms with Gasteiger partial charge in [-0.25, -0.2) is 14.8 Å². The van der Waals surface area contributed by atoms with Crippen molar-refractivity contribution in [1.82, 2.24) is 14.5 Å². The van der Waals surface area contributed by atoms with Crippen molar-refractivity contribution < 1.29 is 14.6 Å². The molecule has 1 fully saturated rings.